The lowest BCUT2D eigenvalue weighted by molar-refractivity contribution is 0.115. The van der Waals surface area contributed by atoms with E-state index in [0.29, 0.717) is 5.56 Å². The zero-order valence-electron chi connectivity index (χ0n) is 11.5. The van der Waals surface area contributed by atoms with Crippen molar-refractivity contribution < 1.29 is 14.6 Å². The van der Waals surface area contributed by atoms with Gasteiger partial charge in [0, 0.05) is 5.41 Å². The lowest BCUT2D eigenvalue weighted by Gasteiger charge is -2.31. The second-order valence-electron chi connectivity index (χ2n) is 5.23. The first-order chi connectivity index (χ1) is 9.61. The minimum Gasteiger partial charge on any atom is -0.395 e. The second kappa shape index (κ2) is 6.16. The van der Waals surface area contributed by atoms with Crippen LogP contribution in [0.3, 0.4) is 0 Å². The Bertz CT molecular complexity index is 559. The van der Waals surface area contributed by atoms with Crippen LogP contribution < -0.4 is 0 Å². The molecule has 0 aliphatic heterocycles. The van der Waals surface area contributed by atoms with Crippen molar-refractivity contribution in [2.45, 2.75) is 18.8 Å². The van der Waals surface area contributed by atoms with Crippen molar-refractivity contribution in [3.8, 4) is 0 Å². The van der Waals surface area contributed by atoms with Crippen LogP contribution in [-0.4, -0.2) is 23.4 Å². The Morgan fingerprint density at radius 1 is 0.950 bits per heavy atom. The lowest BCUT2D eigenvalue weighted by Crippen LogP contribution is -2.37. The van der Waals surface area contributed by atoms with Crippen molar-refractivity contribution in [1.29, 1.82) is 0 Å². The van der Waals surface area contributed by atoms with Crippen LogP contribution in [0.5, 0.6) is 0 Å². The summed E-state index contributed by atoms with van der Waals surface area (Å²) in [5.41, 5.74) is 1.55. The summed E-state index contributed by atoms with van der Waals surface area (Å²) in [5, 5.41) is 19.5. The highest BCUT2D eigenvalue weighted by molar-refractivity contribution is 5.32. The molecule has 3 heteroatoms. The first kappa shape index (κ1) is 14.7. The fourth-order valence-corrected chi connectivity index (χ4v) is 2.36. The van der Waals surface area contributed by atoms with E-state index >= 15 is 0 Å². The number of rotatable bonds is 5. The highest BCUT2D eigenvalue weighted by Crippen LogP contribution is 2.29. The van der Waals surface area contributed by atoms with Crippen LogP contribution in [-0.2, 0) is 11.8 Å². The van der Waals surface area contributed by atoms with Crippen molar-refractivity contribution in [2.24, 2.45) is 0 Å². The van der Waals surface area contributed by atoms with Gasteiger partial charge >= 0.3 is 0 Å². The molecule has 0 atom stereocenters. The average molecular weight is 274 g/mol. The Kier molecular flexibility index (Phi) is 4.53. The minimum absolute atomic E-state index is 0.235. The first-order valence-corrected chi connectivity index (χ1v) is 6.63. The van der Waals surface area contributed by atoms with Crippen LogP contribution in [0.15, 0.2) is 48.5 Å². The Labute approximate surface area is 118 Å². The smallest absolute Gasteiger partial charge is 0.126 e. The normalized spacial score (nSPS) is 11.6. The third-order valence-corrected chi connectivity index (χ3v) is 3.76. The fourth-order valence-electron chi connectivity index (χ4n) is 2.36. The zero-order chi connectivity index (χ0) is 14.6. The molecule has 0 bridgehead atoms. The van der Waals surface area contributed by atoms with Gasteiger partial charge in [-0.2, -0.15) is 0 Å². The summed E-state index contributed by atoms with van der Waals surface area (Å²) in [6.07, 6.45) is 0.260. The van der Waals surface area contributed by atoms with E-state index < -0.39 is 5.41 Å². The van der Waals surface area contributed by atoms with Crippen molar-refractivity contribution in [1.82, 2.24) is 0 Å². The molecule has 0 amide bonds. The molecule has 0 saturated carbocycles. The summed E-state index contributed by atoms with van der Waals surface area (Å²) in [5.74, 6) is -0.314. The highest BCUT2D eigenvalue weighted by Gasteiger charge is 2.32. The van der Waals surface area contributed by atoms with E-state index in [1.165, 1.54) is 6.07 Å². The van der Waals surface area contributed by atoms with Crippen molar-refractivity contribution in [3.05, 3.63) is 71.0 Å². The average Bonchev–Trinajstić information content (AvgIpc) is 2.48. The van der Waals surface area contributed by atoms with E-state index in [0.717, 1.165) is 11.1 Å². The van der Waals surface area contributed by atoms with Gasteiger partial charge in [0.1, 0.15) is 5.82 Å². The first-order valence-electron chi connectivity index (χ1n) is 6.63. The molecule has 2 aromatic carbocycles. The topological polar surface area (TPSA) is 40.5 Å². The number of benzene rings is 2. The number of halogens is 1. The van der Waals surface area contributed by atoms with Gasteiger partial charge in [0.25, 0.3) is 0 Å². The summed E-state index contributed by atoms with van der Waals surface area (Å²) in [7, 11) is 0. The minimum atomic E-state index is -0.865. The number of aryl methyl sites for hydroxylation is 1. The van der Waals surface area contributed by atoms with E-state index in [2.05, 4.69) is 0 Å². The maximum Gasteiger partial charge on any atom is 0.126 e. The zero-order valence-corrected chi connectivity index (χ0v) is 11.5. The van der Waals surface area contributed by atoms with Crippen molar-refractivity contribution in [3.63, 3.8) is 0 Å². The SMILES string of the molecule is Cc1ccc(C(CO)(CO)Cc2ccccc2F)cc1. The monoisotopic (exact) mass is 274 g/mol. The van der Waals surface area contributed by atoms with E-state index in [-0.39, 0.29) is 25.5 Å². The predicted octanol–water partition coefficient (Wildman–Crippen LogP) is 2.60. The van der Waals surface area contributed by atoms with Gasteiger partial charge in [0.15, 0.2) is 0 Å². The molecule has 0 aliphatic rings. The fraction of sp³-hybridized carbons (Fsp3) is 0.294. The van der Waals surface area contributed by atoms with Crippen LogP contribution in [0.2, 0.25) is 0 Å². The molecule has 0 fully saturated rings. The molecule has 0 unspecified atom stereocenters. The molecule has 0 saturated heterocycles. The summed E-state index contributed by atoms with van der Waals surface area (Å²) in [4.78, 5) is 0. The molecule has 2 aromatic rings. The molecule has 2 rings (SSSR count). The van der Waals surface area contributed by atoms with Gasteiger partial charge in [-0.1, -0.05) is 48.0 Å². The third-order valence-electron chi connectivity index (χ3n) is 3.76. The quantitative estimate of drug-likeness (QED) is 0.880. The molecule has 106 valence electrons. The number of hydrogen-bond donors (Lipinski definition) is 2. The number of hydrogen-bond acceptors (Lipinski definition) is 2. The summed E-state index contributed by atoms with van der Waals surface area (Å²) >= 11 is 0. The van der Waals surface area contributed by atoms with Crippen LogP contribution in [0, 0.1) is 12.7 Å². The molecule has 0 aliphatic carbocycles. The maximum atomic E-state index is 13.8. The van der Waals surface area contributed by atoms with Crippen molar-refractivity contribution in [2.75, 3.05) is 13.2 Å². The predicted molar refractivity (Wildman–Crippen MR) is 77.1 cm³/mol. The van der Waals surface area contributed by atoms with Gasteiger partial charge in [0.05, 0.1) is 13.2 Å². The van der Waals surface area contributed by atoms with E-state index in [4.69, 9.17) is 0 Å². The lowest BCUT2D eigenvalue weighted by atomic mass is 9.76. The van der Waals surface area contributed by atoms with E-state index in [1.54, 1.807) is 18.2 Å². The summed E-state index contributed by atoms with van der Waals surface area (Å²) in [6.45, 7) is 1.50. The van der Waals surface area contributed by atoms with Crippen LogP contribution in [0.4, 0.5) is 4.39 Å². The maximum absolute atomic E-state index is 13.8. The standard InChI is InChI=1S/C17H19FO2/c1-13-6-8-15(9-7-13)17(11-19,12-20)10-14-4-2-3-5-16(14)18/h2-9,19-20H,10-12H2,1H3. The molecule has 2 N–H and O–H groups in total. The van der Waals surface area contributed by atoms with E-state index in [1.807, 2.05) is 31.2 Å². The van der Waals surface area contributed by atoms with Gasteiger partial charge in [-0.3, -0.25) is 0 Å². The molecule has 20 heavy (non-hydrogen) atoms. The van der Waals surface area contributed by atoms with Gasteiger partial charge < -0.3 is 10.2 Å². The van der Waals surface area contributed by atoms with Crippen LogP contribution in [0.25, 0.3) is 0 Å². The van der Waals surface area contributed by atoms with Gasteiger partial charge in [-0.05, 0) is 30.5 Å². The van der Waals surface area contributed by atoms with Gasteiger partial charge in [-0.25, -0.2) is 4.39 Å². The second-order valence-corrected chi connectivity index (χ2v) is 5.23. The molecular weight excluding hydrogens is 255 g/mol. The summed E-state index contributed by atoms with van der Waals surface area (Å²) in [6, 6.07) is 14.1. The Morgan fingerprint density at radius 3 is 2.10 bits per heavy atom. The Morgan fingerprint density at radius 2 is 1.55 bits per heavy atom. The highest BCUT2D eigenvalue weighted by atomic mass is 19.1. The number of aliphatic hydroxyl groups is 2. The largest absolute Gasteiger partial charge is 0.395 e. The Balaban J connectivity index is 2.39. The Hall–Kier alpha value is -1.71. The molecule has 0 heterocycles. The summed E-state index contributed by atoms with van der Waals surface area (Å²) < 4.78 is 13.8. The molecule has 2 nitrogen and oxygen atoms in total. The molecular formula is C17H19FO2. The van der Waals surface area contributed by atoms with Gasteiger partial charge in [-0.15, -0.1) is 0 Å². The third kappa shape index (κ3) is 2.89. The van der Waals surface area contributed by atoms with Crippen LogP contribution >= 0.6 is 0 Å². The van der Waals surface area contributed by atoms with E-state index in [9.17, 15) is 14.6 Å². The van der Waals surface area contributed by atoms with Crippen LogP contribution in [0.1, 0.15) is 16.7 Å². The van der Waals surface area contributed by atoms with Gasteiger partial charge in [0.2, 0.25) is 0 Å². The molecule has 0 radical (unpaired) electrons. The number of aliphatic hydroxyl groups excluding tert-OH is 2. The molecule has 0 aromatic heterocycles. The molecule has 0 spiro atoms. The van der Waals surface area contributed by atoms with Crippen molar-refractivity contribution >= 4 is 0 Å².